The number of rotatable bonds is 4. The fraction of sp³-hybridized carbons (Fsp3) is 0.348. The predicted octanol–water partition coefficient (Wildman–Crippen LogP) is 3.57. The molecule has 2 unspecified atom stereocenters. The quantitative estimate of drug-likeness (QED) is 0.686. The third-order valence-corrected chi connectivity index (χ3v) is 5.55. The molecule has 0 radical (unpaired) electrons. The van der Waals surface area contributed by atoms with Crippen LogP contribution in [0.5, 0.6) is 0 Å². The summed E-state index contributed by atoms with van der Waals surface area (Å²) in [7, 11) is 0. The Hall–Kier alpha value is -2.99. The lowest BCUT2D eigenvalue weighted by Gasteiger charge is -2.36. The number of hydrogen-bond acceptors (Lipinski definition) is 4. The Bertz CT molecular complexity index is 941. The molecule has 6 nitrogen and oxygen atoms in total. The fourth-order valence-electron chi connectivity index (χ4n) is 3.95. The van der Waals surface area contributed by atoms with Crippen LogP contribution in [0.15, 0.2) is 60.7 Å². The van der Waals surface area contributed by atoms with Gasteiger partial charge in [0.25, 0.3) is 5.91 Å². The monoisotopic (exact) mass is 388 g/mol. The van der Waals surface area contributed by atoms with Crippen LogP contribution in [-0.2, 0) is 4.74 Å². The minimum atomic E-state index is -0.127. The van der Waals surface area contributed by atoms with Gasteiger partial charge in [0.2, 0.25) is 5.82 Å². The summed E-state index contributed by atoms with van der Waals surface area (Å²) in [4.78, 5) is 19.8. The maximum absolute atomic E-state index is 13.3. The van der Waals surface area contributed by atoms with Crippen molar-refractivity contribution in [3.8, 4) is 17.1 Å². The summed E-state index contributed by atoms with van der Waals surface area (Å²) in [5.41, 5.74) is 1.80. The van der Waals surface area contributed by atoms with E-state index in [4.69, 9.17) is 4.74 Å². The molecule has 1 saturated heterocycles. The lowest BCUT2D eigenvalue weighted by Crippen LogP contribution is -2.50. The van der Waals surface area contributed by atoms with Gasteiger partial charge < -0.3 is 9.64 Å². The van der Waals surface area contributed by atoms with E-state index < -0.39 is 0 Å². The van der Waals surface area contributed by atoms with Gasteiger partial charge in [-0.15, -0.1) is 5.10 Å². The average molecular weight is 388 g/mol. The highest BCUT2D eigenvalue weighted by Crippen LogP contribution is 2.36. The van der Waals surface area contributed by atoms with E-state index in [1.54, 1.807) is 4.68 Å². The summed E-state index contributed by atoms with van der Waals surface area (Å²) in [6.07, 6.45) is 2.55. The summed E-state index contributed by atoms with van der Waals surface area (Å²) < 4.78 is 7.81. The van der Waals surface area contributed by atoms with Gasteiger partial charge in [-0.3, -0.25) is 4.79 Å². The number of carbonyl (C=O) groups is 1. The molecular weight excluding hydrogens is 364 g/mol. The van der Waals surface area contributed by atoms with Crippen LogP contribution < -0.4 is 0 Å². The number of ether oxygens (including phenoxy) is 1. The normalized spacial score (nSPS) is 21.9. The molecule has 0 N–H and O–H groups in total. The zero-order chi connectivity index (χ0) is 19.8. The third-order valence-electron chi connectivity index (χ3n) is 5.55. The van der Waals surface area contributed by atoms with Gasteiger partial charge in [0, 0.05) is 18.7 Å². The van der Waals surface area contributed by atoms with Gasteiger partial charge in [-0.05, 0) is 37.8 Å². The molecule has 1 amide bonds. The van der Waals surface area contributed by atoms with Gasteiger partial charge in [-0.25, -0.2) is 9.67 Å². The first-order chi connectivity index (χ1) is 14.2. The molecule has 148 valence electrons. The number of amides is 1. The van der Waals surface area contributed by atoms with Crippen molar-refractivity contribution >= 4 is 5.91 Å². The van der Waals surface area contributed by atoms with E-state index in [0.29, 0.717) is 24.8 Å². The van der Waals surface area contributed by atoms with E-state index >= 15 is 0 Å². The topological polar surface area (TPSA) is 60.2 Å². The number of hydrogen-bond donors (Lipinski definition) is 0. The van der Waals surface area contributed by atoms with E-state index in [1.807, 2.05) is 72.5 Å². The maximum atomic E-state index is 13.3. The summed E-state index contributed by atoms with van der Waals surface area (Å²) in [6.45, 7) is 3.22. The Kier molecular flexibility index (Phi) is 4.64. The number of carbonyl (C=O) groups excluding carboxylic acids is 1. The van der Waals surface area contributed by atoms with Crippen molar-refractivity contribution in [3.63, 3.8) is 0 Å². The number of morpholine rings is 1. The number of para-hydroxylation sites is 1. The van der Waals surface area contributed by atoms with Gasteiger partial charge in [0.15, 0.2) is 5.82 Å². The molecule has 5 rings (SSSR count). The van der Waals surface area contributed by atoms with E-state index in [1.165, 1.54) is 12.8 Å². The van der Waals surface area contributed by atoms with Crippen LogP contribution in [0.1, 0.15) is 30.4 Å². The Morgan fingerprint density at radius 2 is 1.69 bits per heavy atom. The average Bonchev–Trinajstić information content (AvgIpc) is 3.52. The van der Waals surface area contributed by atoms with Crippen molar-refractivity contribution in [2.24, 2.45) is 5.92 Å². The van der Waals surface area contributed by atoms with Crippen LogP contribution in [0.25, 0.3) is 17.1 Å². The van der Waals surface area contributed by atoms with Crippen molar-refractivity contribution in [3.05, 3.63) is 66.5 Å². The molecule has 2 heterocycles. The van der Waals surface area contributed by atoms with Crippen molar-refractivity contribution in [2.75, 3.05) is 13.1 Å². The SMILES string of the molecule is CC1CN(C(=O)c2nc(-c3ccccc3)n(-c3ccccc3)n2)CC(C2CC2)O1. The first kappa shape index (κ1) is 18.1. The molecule has 0 spiro atoms. The van der Waals surface area contributed by atoms with Crippen LogP contribution in [0.4, 0.5) is 0 Å². The van der Waals surface area contributed by atoms with Crippen molar-refractivity contribution in [1.29, 1.82) is 0 Å². The highest BCUT2D eigenvalue weighted by Gasteiger charge is 2.39. The molecular formula is C23H24N4O2. The van der Waals surface area contributed by atoms with Crippen LogP contribution in [-0.4, -0.2) is 50.9 Å². The molecule has 6 heteroatoms. The molecule has 29 heavy (non-hydrogen) atoms. The van der Waals surface area contributed by atoms with Crippen LogP contribution in [0.3, 0.4) is 0 Å². The van der Waals surface area contributed by atoms with Crippen molar-refractivity contribution in [2.45, 2.75) is 32.0 Å². The van der Waals surface area contributed by atoms with E-state index in [9.17, 15) is 4.79 Å². The summed E-state index contributed by atoms with van der Waals surface area (Å²) >= 11 is 0. The fourth-order valence-corrected chi connectivity index (χ4v) is 3.95. The van der Waals surface area contributed by atoms with Crippen molar-refractivity contribution in [1.82, 2.24) is 19.7 Å². The van der Waals surface area contributed by atoms with Crippen LogP contribution >= 0.6 is 0 Å². The Morgan fingerprint density at radius 1 is 1.00 bits per heavy atom. The standard InChI is InChI=1S/C23H24N4O2/c1-16-14-26(15-20(29-16)17-12-13-17)23(28)21-24-22(18-8-4-2-5-9-18)27(25-21)19-10-6-3-7-11-19/h2-11,16-17,20H,12-15H2,1H3. The van der Waals surface area contributed by atoms with Gasteiger partial charge >= 0.3 is 0 Å². The molecule has 2 aliphatic rings. The highest BCUT2D eigenvalue weighted by molar-refractivity contribution is 5.91. The molecule has 2 aromatic carbocycles. The molecule has 1 aromatic heterocycles. The molecule has 2 atom stereocenters. The van der Waals surface area contributed by atoms with Gasteiger partial charge in [-0.1, -0.05) is 48.5 Å². The smallest absolute Gasteiger partial charge is 0.293 e. The first-order valence-electron chi connectivity index (χ1n) is 10.2. The number of aromatic nitrogens is 3. The molecule has 1 saturated carbocycles. The first-order valence-corrected chi connectivity index (χ1v) is 10.2. The second-order valence-electron chi connectivity index (χ2n) is 7.91. The van der Waals surface area contributed by atoms with Gasteiger partial charge in [0.05, 0.1) is 17.9 Å². The Labute approximate surface area is 170 Å². The molecule has 1 aliphatic carbocycles. The lowest BCUT2D eigenvalue weighted by molar-refractivity contribution is -0.0763. The maximum Gasteiger partial charge on any atom is 0.293 e. The minimum Gasteiger partial charge on any atom is -0.371 e. The van der Waals surface area contributed by atoms with Gasteiger partial charge in [0.1, 0.15) is 0 Å². The van der Waals surface area contributed by atoms with E-state index in [0.717, 1.165) is 11.3 Å². The second kappa shape index (κ2) is 7.44. The van der Waals surface area contributed by atoms with Crippen molar-refractivity contribution < 1.29 is 9.53 Å². The predicted molar refractivity (Wildman–Crippen MR) is 110 cm³/mol. The number of nitrogens with zero attached hydrogens (tertiary/aromatic N) is 4. The zero-order valence-corrected chi connectivity index (χ0v) is 16.4. The van der Waals surface area contributed by atoms with Crippen LogP contribution in [0.2, 0.25) is 0 Å². The molecule has 3 aromatic rings. The summed E-state index contributed by atoms with van der Waals surface area (Å²) in [6, 6.07) is 19.7. The number of benzene rings is 2. The third kappa shape index (κ3) is 3.68. The van der Waals surface area contributed by atoms with E-state index in [-0.39, 0.29) is 23.9 Å². The minimum absolute atomic E-state index is 0.0307. The Balaban J connectivity index is 1.50. The molecule has 1 aliphatic heterocycles. The highest BCUT2D eigenvalue weighted by atomic mass is 16.5. The molecule has 2 fully saturated rings. The zero-order valence-electron chi connectivity index (χ0n) is 16.4. The van der Waals surface area contributed by atoms with Gasteiger partial charge in [-0.2, -0.15) is 0 Å². The molecule has 0 bridgehead atoms. The lowest BCUT2D eigenvalue weighted by atomic mass is 10.1. The summed E-state index contributed by atoms with van der Waals surface area (Å²) in [5, 5.41) is 4.62. The summed E-state index contributed by atoms with van der Waals surface area (Å²) in [5.74, 6) is 1.36. The Morgan fingerprint density at radius 3 is 2.38 bits per heavy atom. The van der Waals surface area contributed by atoms with E-state index in [2.05, 4.69) is 10.1 Å². The largest absolute Gasteiger partial charge is 0.371 e. The second-order valence-corrected chi connectivity index (χ2v) is 7.91. The van der Waals surface area contributed by atoms with Crippen LogP contribution in [0, 0.1) is 5.92 Å².